The van der Waals surface area contributed by atoms with Gasteiger partial charge in [-0.1, -0.05) is 19.3 Å². The van der Waals surface area contributed by atoms with Crippen molar-refractivity contribution in [2.45, 2.75) is 32.3 Å². The van der Waals surface area contributed by atoms with Crippen molar-refractivity contribution in [1.29, 1.82) is 0 Å². The minimum Gasteiger partial charge on any atom is -0.450 e. The normalized spacial score (nSPS) is 11.2. The highest BCUT2D eigenvalue weighted by atomic mass is 127. The summed E-state index contributed by atoms with van der Waals surface area (Å²) in [6.07, 6.45) is 0.639. The fraction of sp³-hybridized carbons (Fsp3) is 0.625. The van der Waals surface area contributed by atoms with E-state index < -0.39 is 6.16 Å². The van der Waals surface area contributed by atoms with Crippen LogP contribution in [0.2, 0.25) is 0 Å². The number of hydrogen-bond acceptors (Lipinski definition) is 2. The lowest BCUT2D eigenvalue weighted by molar-refractivity contribution is 0.0500. The summed E-state index contributed by atoms with van der Waals surface area (Å²) in [4.78, 5) is 10.2. The van der Waals surface area contributed by atoms with Gasteiger partial charge in [0.05, 0.1) is 0 Å². The number of halogens is 1. The molecule has 68 valence electrons. The van der Waals surface area contributed by atoms with Gasteiger partial charge in [0.15, 0.2) is 0 Å². The van der Waals surface area contributed by atoms with E-state index in [-0.39, 0.29) is 6.10 Å². The van der Waals surface area contributed by atoms with E-state index in [0.29, 0.717) is 6.42 Å². The molecule has 0 bridgehead atoms. The van der Waals surface area contributed by atoms with Crippen molar-refractivity contribution in [2.75, 3.05) is 0 Å². The van der Waals surface area contributed by atoms with Gasteiger partial charge in [-0.15, -0.1) is 0 Å². The highest BCUT2D eigenvalue weighted by Crippen LogP contribution is 2.06. The van der Waals surface area contributed by atoms with Gasteiger partial charge in [-0.25, -0.2) is 4.79 Å². The Morgan fingerprint density at radius 3 is 2.83 bits per heavy atom. The molecule has 0 aliphatic heterocycles. The molecule has 0 aliphatic rings. The molecule has 0 aromatic heterocycles. The number of hydrogen-bond donors (Lipinski definition) is 1. The van der Waals surface area contributed by atoms with Crippen LogP contribution in [0.1, 0.15) is 26.2 Å². The van der Waals surface area contributed by atoms with Crippen LogP contribution in [0.25, 0.3) is 0 Å². The number of rotatable bonds is 4. The van der Waals surface area contributed by atoms with E-state index in [4.69, 9.17) is 5.11 Å². The van der Waals surface area contributed by atoms with Crippen LogP contribution in [0.5, 0.6) is 0 Å². The van der Waals surface area contributed by atoms with Gasteiger partial charge < -0.3 is 9.84 Å². The molecule has 1 N–H and O–H groups in total. The predicted molar refractivity (Wildman–Crippen MR) is 54.2 cm³/mol. The summed E-state index contributed by atoms with van der Waals surface area (Å²) in [6, 6.07) is 0. The molecule has 0 rings (SSSR count). The maximum absolute atomic E-state index is 10.2. The second-order valence-corrected chi connectivity index (χ2v) is 2.81. The van der Waals surface area contributed by atoms with Gasteiger partial charge in [-0.3, -0.25) is 0 Å². The third-order valence-electron chi connectivity index (χ3n) is 1.27. The molecule has 0 saturated carbocycles. The third-order valence-corrected chi connectivity index (χ3v) is 1.66. The zero-order valence-electron chi connectivity index (χ0n) is 6.84. The molecule has 0 amide bonds. The van der Waals surface area contributed by atoms with E-state index in [1.165, 1.54) is 0 Å². The molecule has 1 unspecified atom stereocenters. The van der Waals surface area contributed by atoms with E-state index in [1.807, 2.05) is 29.5 Å². The van der Waals surface area contributed by atoms with Crippen molar-refractivity contribution in [1.82, 2.24) is 0 Å². The Kier molecular flexibility index (Phi) is 6.96. The first-order chi connectivity index (χ1) is 5.70. The Balaban J connectivity index is 3.82. The van der Waals surface area contributed by atoms with Crippen LogP contribution >= 0.6 is 22.6 Å². The fourth-order valence-electron chi connectivity index (χ4n) is 0.820. The van der Waals surface area contributed by atoms with Crippen LogP contribution in [0.4, 0.5) is 4.79 Å². The molecule has 0 aromatic rings. The van der Waals surface area contributed by atoms with Gasteiger partial charge in [0, 0.05) is 29.0 Å². The zero-order valence-corrected chi connectivity index (χ0v) is 9.00. The van der Waals surface area contributed by atoms with E-state index in [1.54, 1.807) is 0 Å². The molecule has 4 heteroatoms. The highest BCUT2D eigenvalue weighted by molar-refractivity contribution is 14.1. The summed E-state index contributed by atoms with van der Waals surface area (Å²) < 4.78 is 7.28. The Labute approximate surface area is 85.6 Å². The lowest BCUT2D eigenvalue weighted by Crippen LogP contribution is -2.15. The van der Waals surface area contributed by atoms with Gasteiger partial charge in [0.25, 0.3) is 0 Å². The van der Waals surface area contributed by atoms with Gasteiger partial charge in [0.2, 0.25) is 0 Å². The summed E-state index contributed by atoms with van der Waals surface area (Å²) in [5.41, 5.74) is 0. The molecule has 0 spiro atoms. The van der Waals surface area contributed by atoms with Gasteiger partial charge >= 0.3 is 6.16 Å². The Morgan fingerprint density at radius 1 is 1.75 bits per heavy atom. The quantitative estimate of drug-likeness (QED) is 0.490. The molecule has 0 radical (unpaired) electrons. The summed E-state index contributed by atoms with van der Waals surface area (Å²) in [5, 5.41) is 8.34. The number of carboxylic acid groups (broad SMARTS) is 1. The molecule has 0 saturated heterocycles. The van der Waals surface area contributed by atoms with Gasteiger partial charge in [-0.2, -0.15) is 0 Å². The average Bonchev–Trinajstić information content (AvgIpc) is 2.00. The molecular formula is C8H11IO3. The third kappa shape index (κ3) is 6.28. The molecule has 0 aromatic carbocycles. The van der Waals surface area contributed by atoms with Crippen LogP contribution in [-0.4, -0.2) is 17.4 Å². The smallest absolute Gasteiger partial charge is 0.450 e. The monoisotopic (exact) mass is 282 g/mol. The lowest BCUT2D eigenvalue weighted by atomic mass is 10.1. The maximum Gasteiger partial charge on any atom is 0.506 e. The van der Waals surface area contributed by atoms with Crippen molar-refractivity contribution in [3.63, 3.8) is 0 Å². The Hall–Kier alpha value is -0.440. The maximum atomic E-state index is 10.2. The summed E-state index contributed by atoms with van der Waals surface area (Å²) in [5.74, 6) is 2.79. The van der Waals surface area contributed by atoms with Crippen LogP contribution in [0.3, 0.4) is 0 Å². The largest absolute Gasteiger partial charge is 0.506 e. The summed E-state index contributed by atoms with van der Waals surface area (Å²) in [7, 11) is 0. The van der Waals surface area contributed by atoms with Crippen LogP contribution < -0.4 is 0 Å². The van der Waals surface area contributed by atoms with Crippen molar-refractivity contribution in [3.05, 3.63) is 0 Å². The van der Waals surface area contributed by atoms with Crippen LogP contribution in [-0.2, 0) is 4.74 Å². The fourth-order valence-corrected chi connectivity index (χ4v) is 1.04. The first-order valence-electron chi connectivity index (χ1n) is 3.68. The molecule has 0 aliphatic carbocycles. The minimum absolute atomic E-state index is 0.269. The van der Waals surface area contributed by atoms with E-state index in [9.17, 15) is 4.79 Å². The van der Waals surface area contributed by atoms with E-state index in [0.717, 1.165) is 12.8 Å². The number of ether oxygens (including phenoxy) is 1. The summed E-state index contributed by atoms with van der Waals surface area (Å²) >= 11 is 1.92. The van der Waals surface area contributed by atoms with Crippen LogP contribution in [0, 0.1) is 9.85 Å². The van der Waals surface area contributed by atoms with Crippen molar-refractivity contribution < 1.29 is 14.6 Å². The molecule has 1 atom stereocenters. The second kappa shape index (κ2) is 7.22. The molecule has 3 nitrogen and oxygen atoms in total. The van der Waals surface area contributed by atoms with Gasteiger partial charge in [0.1, 0.15) is 6.10 Å². The molecule has 12 heavy (non-hydrogen) atoms. The van der Waals surface area contributed by atoms with Crippen LogP contribution in [0.15, 0.2) is 0 Å². The topological polar surface area (TPSA) is 46.5 Å². The highest BCUT2D eigenvalue weighted by Gasteiger charge is 2.10. The van der Waals surface area contributed by atoms with E-state index in [2.05, 4.69) is 14.6 Å². The van der Waals surface area contributed by atoms with Crippen molar-refractivity contribution in [3.8, 4) is 9.85 Å². The van der Waals surface area contributed by atoms with Crippen molar-refractivity contribution in [2.24, 2.45) is 0 Å². The average molecular weight is 282 g/mol. The predicted octanol–water partition coefficient (Wildman–Crippen LogP) is 2.64. The van der Waals surface area contributed by atoms with Crippen molar-refractivity contribution >= 4 is 28.7 Å². The number of carbonyl (C=O) groups is 1. The first kappa shape index (κ1) is 11.6. The zero-order chi connectivity index (χ0) is 9.40. The molecular weight excluding hydrogens is 271 g/mol. The molecule has 0 heterocycles. The lowest BCUT2D eigenvalue weighted by Gasteiger charge is -2.10. The molecule has 0 fully saturated rings. The SMILES string of the molecule is CCCC(CC#CI)OC(=O)O. The Morgan fingerprint density at radius 2 is 2.42 bits per heavy atom. The summed E-state index contributed by atoms with van der Waals surface area (Å²) in [6.45, 7) is 1.98. The minimum atomic E-state index is -1.22. The van der Waals surface area contributed by atoms with E-state index >= 15 is 0 Å². The standard InChI is InChI=1S/C8H11IO3/c1-2-4-7(5-3-6-9)12-8(10)11/h7H,2,4-5H2,1H3,(H,10,11). The first-order valence-corrected chi connectivity index (χ1v) is 4.76. The van der Waals surface area contributed by atoms with Gasteiger partial charge in [-0.05, 0) is 10.3 Å². The Bertz CT molecular complexity index is 192. The second-order valence-electron chi connectivity index (χ2n) is 2.27.